The van der Waals surface area contributed by atoms with Gasteiger partial charge in [0.15, 0.2) is 0 Å². The van der Waals surface area contributed by atoms with E-state index in [0.717, 1.165) is 51.4 Å². The van der Waals surface area contributed by atoms with E-state index in [9.17, 15) is 15.3 Å². The summed E-state index contributed by atoms with van der Waals surface area (Å²) >= 11 is 0. The van der Waals surface area contributed by atoms with E-state index in [0.29, 0.717) is 11.8 Å². The zero-order valence-electron chi connectivity index (χ0n) is 23.2. The van der Waals surface area contributed by atoms with Crippen LogP contribution in [0.1, 0.15) is 113 Å². The molecule has 0 aromatic heterocycles. The van der Waals surface area contributed by atoms with Gasteiger partial charge in [-0.05, 0) is 124 Å². The van der Waals surface area contributed by atoms with Gasteiger partial charge in [-0.2, -0.15) is 0 Å². The van der Waals surface area contributed by atoms with Crippen molar-refractivity contribution in [1.29, 1.82) is 0 Å². The third-order valence-corrected chi connectivity index (χ3v) is 13.0. The zero-order chi connectivity index (χ0) is 25.1. The molecule has 3 N–H and O–H groups in total. The third kappa shape index (κ3) is 3.16. The van der Waals surface area contributed by atoms with Crippen LogP contribution in [-0.2, 0) is 4.74 Å². The van der Waals surface area contributed by atoms with E-state index in [1.807, 2.05) is 0 Å². The fourth-order valence-corrected chi connectivity index (χ4v) is 11.5. The molecule has 4 aliphatic carbocycles. The van der Waals surface area contributed by atoms with Crippen molar-refractivity contribution < 1.29 is 20.1 Å². The normalized spacial score (nSPS) is 58.5. The molecule has 4 saturated carbocycles. The van der Waals surface area contributed by atoms with Gasteiger partial charge in [-0.15, -0.1) is 0 Å². The Hall–Kier alpha value is -0.160. The first-order valence-corrected chi connectivity index (χ1v) is 14.3. The maximum atomic E-state index is 11.9. The highest BCUT2D eigenvalue weighted by molar-refractivity contribution is 5.21. The van der Waals surface area contributed by atoms with Crippen LogP contribution in [0.3, 0.4) is 0 Å². The van der Waals surface area contributed by atoms with Crippen molar-refractivity contribution in [2.45, 2.75) is 143 Å². The highest BCUT2D eigenvalue weighted by atomic mass is 16.5. The minimum absolute atomic E-state index is 0.0247. The van der Waals surface area contributed by atoms with Crippen LogP contribution in [0.25, 0.3) is 0 Å². The number of aliphatic hydroxyl groups excluding tert-OH is 3. The van der Waals surface area contributed by atoms with E-state index < -0.39 is 6.10 Å². The Bertz CT molecular complexity index is 823. The summed E-state index contributed by atoms with van der Waals surface area (Å²) in [6.07, 6.45) is 7.79. The Kier molecular flexibility index (Phi) is 5.59. The SMILES string of the molecule is CC1(C)CCC[C@](C)([C@H]2CC[C@]3(C)[C@H]2[C@H](O)C[C@@H]2[C@@]4(C)CC[C@H](O)C(C)(C)[C@@H]4[C@@H](O)C[C@]23C)O1. The summed E-state index contributed by atoms with van der Waals surface area (Å²) in [6.45, 7) is 18.4. The van der Waals surface area contributed by atoms with Gasteiger partial charge in [0, 0.05) is 0 Å². The molecule has 0 amide bonds. The van der Waals surface area contributed by atoms with Crippen molar-refractivity contribution in [3.63, 3.8) is 0 Å². The molecule has 4 nitrogen and oxygen atoms in total. The summed E-state index contributed by atoms with van der Waals surface area (Å²) in [6, 6.07) is 0. The molecule has 11 atom stereocenters. The van der Waals surface area contributed by atoms with Gasteiger partial charge in [0.05, 0.1) is 29.5 Å². The average molecular weight is 477 g/mol. The smallest absolute Gasteiger partial charge is 0.0693 e. The number of rotatable bonds is 1. The molecule has 0 aromatic carbocycles. The van der Waals surface area contributed by atoms with Gasteiger partial charge in [-0.3, -0.25) is 0 Å². The number of hydrogen-bond donors (Lipinski definition) is 3. The van der Waals surface area contributed by atoms with Crippen molar-refractivity contribution in [3.8, 4) is 0 Å². The van der Waals surface area contributed by atoms with Gasteiger partial charge < -0.3 is 20.1 Å². The molecule has 1 aliphatic heterocycles. The van der Waals surface area contributed by atoms with Crippen molar-refractivity contribution >= 4 is 0 Å². The maximum Gasteiger partial charge on any atom is 0.0693 e. The van der Waals surface area contributed by atoms with Crippen LogP contribution < -0.4 is 0 Å². The molecule has 4 heteroatoms. The Balaban J connectivity index is 1.54. The van der Waals surface area contributed by atoms with E-state index in [1.54, 1.807) is 0 Å². The van der Waals surface area contributed by atoms with Gasteiger partial charge in [-0.1, -0.05) is 34.6 Å². The monoisotopic (exact) mass is 476 g/mol. The molecular weight excluding hydrogens is 424 g/mol. The van der Waals surface area contributed by atoms with Gasteiger partial charge in [0.1, 0.15) is 0 Å². The largest absolute Gasteiger partial charge is 0.393 e. The Labute approximate surface area is 208 Å². The fourth-order valence-electron chi connectivity index (χ4n) is 11.5. The van der Waals surface area contributed by atoms with E-state index in [-0.39, 0.29) is 56.9 Å². The van der Waals surface area contributed by atoms with Gasteiger partial charge in [-0.25, -0.2) is 0 Å². The summed E-state index contributed by atoms with van der Waals surface area (Å²) in [7, 11) is 0. The van der Waals surface area contributed by atoms with E-state index in [2.05, 4.69) is 55.4 Å². The average Bonchev–Trinajstić information content (AvgIpc) is 3.07. The number of ether oxygens (including phenoxy) is 1. The minimum atomic E-state index is -0.414. The lowest BCUT2D eigenvalue weighted by Crippen LogP contribution is -2.70. The lowest BCUT2D eigenvalue weighted by molar-refractivity contribution is -0.279. The van der Waals surface area contributed by atoms with Gasteiger partial charge >= 0.3 is 0 Å². The van der Waals surface area contributed by atoms with Gasteiger partial charge in [0.25, 0.3) is 0 Å². The van der Waals surface area contributed by atoms with E-state index in [1.165, 1.54) is 6.42 Å². The molecule has 5 fully saturated rings. The molecule has 1 heterocycles. The van der Waals surface area contributed by atoms with Crippen LogP contribution >= 0.6 is 0 Å². The number of aliphatic hydroxyl groups is 3. The van der Waals surface area contributed by atoms with E-state index in [4.69, 9.17) is 4.74 Å². The summed E-state index contributed by atoms with van der Waals surface area (Å²) in [5.41, 5.74) is -0.739. The van der Waals surface area contributed by atoms with Crippen LogP contribution in [0.15, 0.2) is 0 Å². The fraction of sp³-hybridized carbons (Fsp3) is 1.00. The molecule has 5 aliphatic rings. The standard InChI is InChI=1S/C30H52O4/c1-25(2)12-9-13-30(8,34-25)18-10-15-28(6)23(18)19(31)16-21-27(5)14-11-22(33)26(3,4)24(27)20(32)17-29(21,28)7/h18-24,31-33H,9-17H2,1-8H3/t18-,19+,20-,21+,22-,23+,24-,27+,28+,29+,30+/m0/s1. The van der Waals surface area contributed by atoms with Crippen molar-refractivity contribution in [2.24, 2.45) is 45.3 Å². The molecule has 5 rings (SSSR count). The predicted molar refractivity (Wildman–Crippen MR) is 135 cm³/mol. The van der Waals surface area contributed by atoms with Crippen molar-refractivity contribution in [3.05, 3.63) is 0 Å². The molecule has 0 aromatic rings. The third-order valence-electron chi connectivity index (χ3n) is 13.0. The first-order chi connectivity index (χ1) is 15.5. The molecule has 0 unspecified atom stereocenters. The lowest BCUT2D eigenvalue weighted by Gasteiger charge is -2.71. The number of fused-ring (bicyclic) bond motifs is 5. The molecule has 0 bridgehead atoms. The minimum Gasteiger partial charge on any atom is -0.393 e. The van der Waals surface area contributed by atoms with Crippen LogP contribution in [0, 0.1) is 45.3 Å². The second-order valence-electron chi connectivity index (χ2n) is 15.5. The quantitative estimate of drug-likeness (QED) is 0.453. The van der Waals surface area contributed by atoms with Crippen molar-refractivity contribution in [1.82, 2.24) is 0 Å². The summed E-state index contributed by atoms with van der Waals surface area (Å²) in [4.78, 5) is 0. The van der Waals surface area contributed by atoms with Crippen molar-refractivity contribution in [2.75, 3.05) is 0 Å². The second-order valence-corrected chi connectivity index (χ2v) is 15.5. The highest BCUT2D eigenvalue weighted by Crippen LogP contribution is 2.76. The summed E-state index contributed by atoms with van der Waals surface area (Å²) in [5.74, 6) is 0.984. The summed E-state index contributed by atoms with van der Waals surface area (Å²) in [5, 5.41) is 34.6. The zero-order valence-corrected chi connectivity index (χ0v) is 23.2. The molecule has 1 saturated heterocycles. The topological polar surface area (TPSA) is 69.9 Å². The summed E-state index contributed by atoms with van der Waals surface area (Å²) < 4.78 is 6.83. The highest BCUT2D eigenvalue weighted by Gasteiger charge is 2.73. The van der Waals surface area contributed by atoms with E-state index >= 15 is 0 Å². The Morgan fingerprint density at radius 2 is 1.41 bits per heavy atom. The first-order valence-electron chi connectivity index (χ1n) is 14.3. The predicted octanol–water partition coefficient (Wildman–Crippen LogP) is 5.71. The van der Waals surface area contributed by atoms with Crippen LogP contribution in [0.4, 0.5) is 0 Å². The lowest BCUT2D eigenvalue weighted by atomic mass is 9.34. The maximum absolute atomic E-state index is 11.9. The molecule has 196 valence electrons. The first kappa shape index (κ1) is 25.5. The van der Waals surface area contributed by atoms with Crippen LogP contribution in [-0.4, -0.2) is 44.8 Å². The molecule has 34 heavy (non-hydrogen) atoms. The van der Waals surface area contributed by atoms with Crippen LogP contribution in [0.5, 0.6) is 0 Å². The molecular formula is C30H52O4. The van der Waals surface area contributed by atoms with Crippen LogP contribution in [0.2, 0.25) is 0 Å². The molecule has 0 radical (unpaired) electrons. The van der Waals surface area contributed by atoms with Gasteiger partial charge in [0.2, 0.25) is 0 Å². The Morgan fingerprint density at radius 3 is 2.06 bits per heavy atom. The number of hydrogen-bond acceptors (Lipinski definition) is 4. The Morgan fingerprint density at radius 1 is 0.735 bits per heavy atom. The second kappa shape index (κ2) is 7.45. The molecule has 0 spiro atoms.